The minimum Gasteiger partial charge on any atom is -0.497 e. The number of amides is 2. The van der Waals surface area contributed by atoms with E-state index in [9.17, 15) is 9.59 Å². The van der Waals surface area contributed by atoms with Crippen LogP contribution in [-0.4, -0.2) is 25.2 Å². The van der Waals surface area contributed by atoms with E-state index in [0.717, 1.165) is 10.5 Å². The second-order valence-electron chi connectivity index (χ2n) is 5.53. The number of nitrogens with one attached hydrogen (secondary N) is 2. The smallest absolute Gasteiger partial charge is 0.305 e. The average Bonchev–Trinajstić information content (AvgIpc) is 3.22. The van der Waals surface area contributed by atoms with Crippen LogP contribution in [0.15, 0.2) is 70.0 Å². The van der Waals surface area contributed by atoms with Gasteiger partial charge in [0.15, 0.2) is 5.76 Å². The minimum absolute atomic E-state index is 0.106. The molecule has 3 rings (SSSR count). The molecule has 1 aromatic heterocycles. The summed E-state index contributed by atoms with van der Waals surface area (Å²) in [6.07, 6.45) is 2.00. The van der Waals surface area contributed by atoms with Crippen molar-refractivity contribution in [2.24, 2.45) is 0 Å². The van der Waals surface area contributed by atoms with Crippen LogP contribution in [0.4, 0.5) is 0 Å². The Bertz CT molecular complexity index is 933. The molecule has 0 unspecified atom stereocenters. The maximum atomic E-state index is 12.2. The standard InChI is InChI=1S/C20H18N2O4S/c1-25-15-7-3-14(4-8-15)19(23)21-22-20(24)18-12-11-17(26-18)13-5-9-16(27-2)10-6-13/h3-12H,1-2H3,(H,21,23)(H,22,24). The van der Waals surface area contributed by atoms with Crippen molar-refractivity contribution in [1.82, 2.24) is 10.9 Å². The van der Waals surface area contributed by atoms with E-state index in [4.69, 9.17) is 9.15 Å². The molecule has 7 heteroatoms. The van der Waals surface area contributed by atoms with Crippen molar-refractivity contribution in [3.8, 4) is 17.1 Å². The Hall–Kier alpha value is -3.19. The third-order valence-electron chi connectivity index (χ3n) is 3.85. The van der Waals surface area contributed by atoms with Gasteiger partial charge in [0.05, 0.1) is 7.11 Å². The number of ether oxygens (including phenoxy) is 1. The molecule has 0 saturated heterocycles. The number of rotatable bonds is 5. The van der Waals surface area contributed by atoms with E-state index < -0.39 is 11.8 Å². The van der Waals surface area contributed by atoms with E-state index in [1.807, 2.05) is 30.5 Å². The van der Waals surface area contributed by atoms with E-state index in [1.165, 1.54) is 0 Å². The van der Waals surface area contributed by atoms with Crippen molar-refractivity contribution < 1.29 is 18.7 Å². The Morgan fingerprint density at radius 1 is 0.889 bits per heavy atom. The van der Waals surface area contributed by atoms with Gasteiger partial charge in [0, 0.05) is 16.0 Å². The van der Waals surface area contributed by atoms with Gasteiger partial charge in [-0.3, -0.25) is 20.4 Å². The summed E-state index contributed by atoms with van der Waals surface area (Å²) in [6, 6.07) is 17.6. The molecule has 138 valence electrons. The summed E-state index contributed by atoms with van der Waals surface area (Å²) in [7, 11) is 1.55. The third kappa shape index (κ3) is 4.51. The summed E-state index contributed by atoms with van der Waals surface area (Å²) in [5.74, 6) is 0.349. The first-order valence-electron chi connectivity index (χ1n) is 8.09. The highest BCUT2D eigenvalue weighted by Crippen LogP contribution is 2.24. The molecule has 3 aromatic rings. The number of hydrogen-bond acceptors (Lipinski definition) is 5. The van der Waals surface area contributed by atoms with Gasteiger partial charge in [-0.1, -0.05) is 12.1 Å². The second-order valence-corrected chi connectivity index (χ2v) is 6.41. The zero-order valence-corrected chi connectivity index (χ0v) is 15.6. The summed E-state index contributed by atoms with van der Waals surface area (Å²) in [5.41, 5.74) is 5.96. The van der Waals surface area contributed by atoms with Crippen molar-refractivity contribution in [2.45, 2.75) is 4.90 Å². The molecule has 2 amide bonds. The highest BCUT2D eigenvalue weighted by molar-refractivity contribution is 7.98. The molecule has 1 heterocycles. The lowest BCUT2D eigenvalue weighted by molar-refractivity contribution is 0.0831. The Morgan fingerprint density at radius 2 is 1.56 bits per heavy atom. The summed E-state index contributed by atoms with van der Waals surface area (Å²) < 4.78 is 10.6. The fraction of sp³-hybridized carbons (Fsp3) is 0.100. The van der Waals surface area contributed by atoms with Gasteiger partial charge in [-0.05, 0) is 54.8 Å². The van der Waals surface area contributed by atoms with Gasteiger partial charge in [0.1, 0.15) is 11.5 Å². The molecule has 0 spiro atoms. The van der Waals surface area contributed by atoms with Crippen LogP contribution >= 0.6 is 11.8 Å². The minimum atomic E-state index is -0.538. The van der Waals surface area contributed by atoms with Crippen LogP contribution in [0.2, 0.25) is 0 Å². The molecule has 0 bridgehead atoms. The molecule has 6 nitrogen and oxygen atoms in total. The van der Waals surface area contributed by atoms with Crippen LogP contribution < -0.4 is 15.6 Å². The molecule has 27 heavy (non-hydrogen) atoms. The summed E-state index contributed by atoms with van der Waals surface area (Å²) in [4.78, 5) is 25.4. The predicted molar refractivity (Wildman–Crippen MR) is 104 cm³/mol. The number of methoxy groups -OCH3 is 1. The van der Waals surface area contributed by atoms with E-state index in [-0.39, 0.29) is 5.76 Å². The highest BCUT2D eigenvalue weighted by Gasteiger charge is 2.14. The normalized spacial score (nSPS) is 10.3. The zero-order valence-electron chi connectivity index (χ0n) is 14.8. The molecule has 0 atom stereocenters. The Labute approximate surface area is 160 Å². The van der Waals surface area contributed by atoms with E-state index in [1.54, 1.807) is 55.3 Å². The van der Waals surface area contributed by atoms with Crippen LogP contribution in [0.25, 0.3) is 11.3 Å². The van der Waals surface area contributed by atoms with E-state index >= 15 is 0 Å². The first-order valence-corrected chi connectivity index (χ1v) is 9.32. The van der Waals surface area contributed by atoms with Crippen LogP contribution in [0, 0.1) is 0 Å². The number of hydrazine groups is 1. The summed E-state index contributed by atoms with van der Waals surface area (Å²) in [5, 5.41) is 0. The number of furan rings is 1. The topological polar surface area (TPSA) is 80.6 Å². The van der Waals surface area contributed by atoms with Crippen LogP contribution in [0.5, 0.6) is 5.75 Å². The Balaban J connectivity index is 1.60. The molecule has 0 saturated carbocycles. The fourth-order valence-corrected chi connectivity index (χ4v) is 2.77. The lowest BCUT2D eigenvalue weighted by Gasteiger charge is -2.06. The van der Waals surface area contributed by atoms with Crippen molar-refractivity contribution in [3.63, 3.8) is 0 Å². The van der Waals surface area contributed by atoms with Gasteiger partial charge in [-0.15, -0.1) is 11.8 Å². The Morgan fingerprint density at radius 3 is 2.19 bits per heavy atom. The number of carbonyl (C=O) groups excluding carboxylic acids is 2. The maximum absolute atomic E-state index is 12.2. The second kappa shape index (κ2) is 8.46. The monoisotopic (exact) mass is 382 g/mol. The fourth-order valence-electron chi connectivity index (χ4n) is 2.36. The van der Waals surface area contributed by atoms with Crippen molar-refractivity contribution in [1.29, 1.82) is 0 Å². The molecule has 2 aromatic carbocycles. The number of thioether (sulfide) groups is 1. The van der Waals surface area contributed by atoms with Gasteiger partial charge >= 0.3 is 5.91 Å². The zero-order chi connectivity index (χ0) is 19.2. The molecular formula is C20H18N2O4S. The quantitative estimate of drug-likeness (QED) is 0.519. The SMILES string of the molecule is COc1ccc(C(=O)NNC(=O)c2ccc(-c3ccc(SC)cc3)o2)cc1. The van der Waals surface area contributed by atoms with Gasteiger partial charge in [-0.2, -0.15) is 0 Å². The predicted octanol–water partition coefficient (Wildman–Crippen LogP) is 3.75. The lowest BCUT2D eigenvalue weighted by Crippen LogP contribution is -2.41. The number of benzene rings is 2. The first kappa shape index (κ1) is 18.6. The van der Waals surface area contributed by atoms with Gasteiger partial charge in [0.25, 0.3) is 5.91 Å². The van der Waals surface area contributed by atoms with E-state index in [0.29, 0.717) is 17.1 Å². The number of hydrogen-bond donors (Lipinski definition) is 2. The largest absolute Gasteiger partial charge is 0.497 e. The molecule has 0 aliphatic carbocycles. The molecule has 0 fully saturated rings. The highest BCUT2D eigenvalue weighted by atomic mass is 32.2. The first-order chi connectivity index (χ1) is 13.1. The van der Waals surface area contributed by atoms with Gasteiger partial charge < -0.3 is 9.15 Å². The van der Waals surface area contributed by atoms with E-state index in [2.05, 4.69) is 10.9 Å². The Kier molecular flexibility index (Phi) is 5.83. The summed E-state index contributed by atoms with van der Waals surface area (Å²) >= 11 is 1.65. The van der Waals surface area contributed by atoms with Crippen molar-refractivity contribution in [3.05, 3.63) is 72.0 Å². The lowest BCUT2D eigenvalue weighted by atomic mass is 10.2. The molecule has 0 aliphatic heterocycles. The van der Waals surface area contributed by atoms with Crippen LogP contribution in [-0.2, 0) is 0 Å². The van der Waals surface area contributed by atoms with Crippen molar-refractivity contribution >= 4 is 23.6 Å². The third-order valence-corrected chi connectivity index (χ3v) is 4.59. The average molecular weight is 382 g/mol. The van der Waals surface area contributed by atoms with Crippen LogP contribution in [0.3, 0.4) is 0 Å². The van der Waals surface area contributed by atoms with Crippen molar-refractivity contribution in [2.75, 3.05) is 13.4 Å². The number of carbonyl (C=O) groups is 2. The van der Waals surface area contributed by atoms with Gasteiger partial charge in [-0.25, -0.2) is 0 Å². The molecular weight excluding hydrogens is 364 g/mol. The van der Waals surface area contributed by atoms with Crippen LogP contribution in [0.1, 0.15) is 20.9 Å². The summed E-state index contributed by atoms with van der Waals surface area (Å²) in [6.45, 7) is 0. The molecule has 0 aliphatic rings. The molecule has 2 N–H and O–H groups in total. The molecule has 0 radical (unpaired) electrons. The maximum Gasteiger partial charge on any atom is 0.305 e. The van der Waals surface area contributed by atoms with Gasteiger partial charge in [0.2, 0.25) is 0 Å².